The molecule has 0 radical (unpaired) electrons. The molecule has 37 heavy (non-hydrogen) atoms. The maximum atomic E-state index is 12.9. The Bertz CT molecular complexity index is 1030. The first-order chi connectivity index (χ1) is 17.3. The van der Waals surface area contributed by atoms with Crippen LogP contribution < -0.4 is 26.9 Å². The Kier molecular flexibility index (Phi) is 7.66. The van der Waals surface area contributed by atoms with Gasteiger partial charge in [-0.15, -0.1) is 0 Å². The van der Waals surface area contributed by atoms with Gasteiger partial charge in [-0.25, -0.2) is 10.2 Å². The average Bonchev–Trinajstić information content (AvgIpc) is 3.18. The second-order valence-corrected chi connectivity index (χ2v) is 12.2. The van der Waals surface area contributed by atoms with Crippen molar-refractivity contribution < 1.29 is 28.4 Å². The normalized spacial score (nSPS) is 28.6. The number of methoxy groups -OCH3 is 1. The highest BCUT2D eigenvalue weighted by atomic mass is 16.7. The number of rotatable bonds is 9. The van der Waals surface area contributed by atoms with E-state index in [0.717, 1.165) is 18.4 Å². The lowest BCUT2D eigenvalue weighted by atomic mass is 9.43. The fourth-order valence-electron chi connectivity index (χ4n) is 6.39. The quantitative estimate of drug-likeness (QED) is 0.168. The lowest BCUT2D eigenvalue weighted by Crippen LogP contribution is -2.65. The van der Waals surface area contributed by atoms with Crippen molar-refractivity contribution in [3.63, 3.8) is 0 Å². The Hall–Kier alpha value is -2.18. The van der Waals surface area contributed by atoms with Crippen molar-refractivity contribution in [1.29, 1.82) is 0 Å². The molecular formula is C26H41BN4O6. The predicted molar refractivity (Wildman–Crippen MR) is 139 cm³/mol. The lowest BCUT2D eigenvalue weighted by Gasteiger charge is -2.64. The van der Waals surface area contributed by atoms with Crippen LogP contribution in [0.4, 0.5) is 0 Å². The number of hydrazine groups is 2. The maximum Gasteiger partial charge on any atom is 0.482 e. The highest BCUT2D eigenvalue weighted by Gasteiger charge is 2.68. The summed E-state index contributed by atoms with van der Waals surface area (Å²) in [6.45, 7) is 12.2. The van der Waals surface area contributed by atoms with Gasteiger partial charge in [0.2, 0.25) is 5.91 Å². The summed E-state index contributed by atoms with van der Waals surface area (Å²) in [5, 5.41) is 3.04. The minimum Gasteiger partial charge on any atom is -0.496 e. The minimum absolute atomic E-state index is 0.0345. The number of hydrogen-bond donors (Lipinski definition) is 4. The fraction of sp³-hybridized carbons (Fsp3) is 0.692. The maximum absolute atomic E-state index is 12.9. The summed E-state index contributed by atoms with van der Waals surface area (Å²) in [6, 6.07) is 5.33. The number of ether oxygens (including phenoxy) is 2. The first-order valence-electron chi connectivity index (χ1n) is 13.0. The van der Waals surface area contributed by atoms with Crippen LogP contribution in [0, 0.1) is 17.3 Å². The van der Waals surface area contributed by atoms with E-state index in [4.69, 9.17) is 24.6 Å². The van der Waals surface area contributed by atoms with Crippen molar-refractivity contribution in [2.45, 2.75) is 84.1 Å². The number of para-hydroxylation sites is 1. The number of esters is 1. The molecule has 2 bridgehead atoms. The molecule has 3 aliphatic carbocycles. The van der Waals surface area contributed by atoms with Crippen LogP contribution in [0.1, 0.15) is 70.3 Å². The smallest absolute Gasteiger partial charge is 0.482 e. The minimum atomic E-state index is -0.658. The molecule has 1 aromatic carbocycles. The van der Waals surface area contributed by atoms with Gasteiger partial charge in [-0.05, 0) is 75.8 Å². The second-order valence-electron chi connectivity index (χ2n) is 12.2. The van der Waals surface area contributed by atoms with Crippen LogP contribution in [-0.2, 0) is 25.3 Å². The number of carbonyl (C=O) groups is 2. The van der Waals surface area contributed by atoms with Crippen molar-refractivity contribution in [2.24, 2.45) is 23.1 Å². The largest absolute Gasteiger partial charge is 0.496 e. The molecule has 5 N–H and O–H groups in total. The molecule has 0 spiro atoms. The Morgan fingerprint density at radius 3 is 2.59 bits per heavy atom. The summed E-state index contributed by atoms with van der Waals surface area (Å²) in [6.07, 6.45) is 2.36. The van der Waals surface area contributed by atoms with E-state index in [1.807, 2.05) is 26.8 Å². The van der Waals surface area contributed by atoms with Crippen molar-refractivity contribution >= 4 is 19.0 Å². The molecule has 1 aromatic rings. The van der Waals surface area contributed by atoms with Crippen LogP contribution in [0.2, 0.25) is 0 Å². The Morgan fingerprint density at radius 1 is 1.24 bits per heavy atom. The third-order valence-corrected chi connectivity index (χ3v) is 8.35. The Balaban J connectivity index is 1.60. The molecule has 5 rings (SSSR count). The molecule has 204 valence electrons. The van der Waals surface area contributed by atoms with E-state index in [2.05, 4.69) is 37.0 Å². The van der Waals surface area contributed by atoms with Crippen molar-refractivity contribution in [2.75, 3.05) is 13.7 Å². The lowest BCUT2D eigenvalue weighted by molar-refractivity contribution is -0.199. The highest BCUT2D eigenvalue weighted by Crippen LogP contribution is 2.65. The number of nitrogens with two attached hydrogens (primary N) is 1. The molecule has 11 heteroatoms. The van der Waals surface area contributed by atoms with Crippen molar-refractivity contribution in [3.05, 3.63) is 29.3 Å². The van der Waals surface area contributed by atoms with Gasteiger partial charge < -0.3 is 24.1 Å². The fourth-order valence-corrected chi connectivity index (χ4v) is 6.39. The number of nitrogens with one attached hydrogen (secondary N) is 3. The van der Waals surface area contributed by atoms with Crippen molar-refractivity contribution in [1.82, 2.24) is 16.3 Å². The third kappa shape index (κ3) is 5.38. The van der Waals surface area contributed by atoms with Crippen LogP contribution in [0.15, 0.2) is 18.2 Å². The molecular weight excluding hydrogens is 475 g/mol. The number of benzene rings is 1. The predicted octanol–water partition coefficient (Wildman–Crippen LogP) is 1.91. The zero-order valence-electron chi connectivity index (χ0n) is 23.0. The van der Waals surface area contributed by atoms with Crippen molar-refractivity contribution in [3.8, 4) is 5.75 Å². The van der Waals surface area contributed by atoms with Gasteiger partial charge in [-0.3, -0.25) is 10.6 Å². The Labute approximate surface area is 219 Å². The van der Waals surface area contributed by atoms with E-state index in [9.17, 15) is 9.59 Å². The van der Waals surface area contributed by atoms with E-state index >= 15 is 0 Å². The molecule has 1 amide bonds. The third-order valence-electron chi connectivity index (χ3n) is 8.35. The highest BCUT2D eigenvalue weighted by molar-refractivity contribution is 6.48. The van der Waals surface area contributed by atoms with Gasteiger partial charge in [0, 0.05) is 0 Å². The summed E-state index contributed by atoms with van der Waals surface area (Å²) in [7, 11) is 0.861. The van der Waals surface area contributed by atoms with Crippen LogP contribution in [0.5, 0.6) is 5.75 Å². The molecule has 5 atom stereocenters. The van der Waals surface area contributed by atoms with E-state index in [1.54, 1.807) is 12.1 Å². The second kappa shape index (κ2) is 10.2. The van der Waals surface area contributed by atoms with Crippen LogP contribution >= 0.6 is 0 Å². The zero-order chi connectivity index (χ0) is 27.2. The molecule has 1 heterocycles. The van der Waals surface area contributed by atoms with Gasteiger partial charge in [0.15, 0.2) is 0 Å². The van der Waals surface area contributed by atoms with E-state index in [-0.39, 0.29) is 24.0 Å². The molecule has 1 aliphatic heterocycles. The molecule has 1 saturated heterocycles. The van der Waals surface area contributed by atoms with Gasteiger partial charge in [0.1, 0.15) is 16.9 Å². The summed E-state index contributed by atoms with van der Waals surface area (Å²) < 4.78 is 24.4. The first-order valence-corrected chi connectivity index (χ1v) is 13.0. The molecule has 4 fully saturated rings. The molecule has 3 saturated carbocycles. The monoisotopic (exact) mass is 516 g/mol. The summed E-state index contributed by atoms with van der Waals surface area (Å²) >= 11 is 0. The Morgan fingerprint density at radius 2 is 1.97 bits per heavy atom. The molecule has 10 nitrogen and oxygen atoms in total. The topological polar surface area (TPSA) is 133 Å². The first kappa shape index (κ1) is 27.8. The summed E-state index contributed by atoms with van der Waals surface area (Å²) in [4.78, 5) is 25.6. The van der Waals surface area contributed by atoms with E-state index in [0.29, 0.717) is 29.6 Å². The zero-order valence-corrected chi connectivity index (χ0v) is 23.0. The van der Waals surface area contributed by atoms with E-state index in [1.165, 1.54) is 7.11 Å². The standard InChI is InChI=1S/C26H41BN4O6/c1-24(2,3)35-23(33)17-10-8-9-15(22(17)34-7)11-20(30-21(32)14-29-31-28)27-36-19-13-16-12-18(25(16,4)5)26(19,6)37-27/h8-10,16,18-20,29,31H,11-14,28H2,1-7H3,(H,30,32)/t16-,18-,19+,20-,26-/m0/s1. The molecule has 4 aliphatic rings. The number of hydrogen-bond acceptors (Lipinski definition) is 9. The van der Waals surface area contributed by atoms with Gasteiger partial charge in [-0.2, -0.15) is 5.53 Å². The molecule has 0 unspecified atom stereocenters. The van der Waals surface area contributed by atoms with Crippen LogP contribution in [-0.4, -0.2) is 55.9 Å². The van der Waals surface area contributed by atoms with Gasteiger partial charge in [0.05, 0.1) is 31.3 Å². The van der Waals surface area contributed by atoms with E-state index < -0.39 is 30.2 Å². The SMILES string of the molecule is COc1c(C[C@H](NC(=O)CNNN)B2O[C@@H]3C[C@@H]4C[C@@H](C4(C)C)[C@]3(C)O2)cccc1C(=O)OC(C)(C)C. The number of carbonyl (C=O) groups excluding carboxylic acids is 2. The van der Waals surface area contributed by atoms with Gasteiger partial charge >= 0.3 is 13.1 Å². The van der Waals surface area contributed by atoms with Crippen LogP contribution in [0.25, 0.3) is 0 Å². The van der Waals surface area contributed by atoms with Crippen LogP contribution in [0.3, 0.4) is 0 Å². The molecule has 0 aromatic heterocycles. The summed E-state index contributed by atoms with van der Waals surface area (Å²) in [5.41, 5.74) is 5.06. The van der Waals surface area contributed by atoms with Gasteiger partial charge in [-0.1, -0.05) is 26.0 Å². The van der Waals surface area contributed by atoms with Gasteiger partial charge in [0.25, 0.3) is 0 Å². The number of amides is 1. The summed E-state index contributed by atoms with van der Waals surface area (Å²) in [5.74, 6) is 5.39. The average molecular weight is 516 g/mol.